The maximum atomic E-state index is 14.6. The Labute approximate surface area is 456 Å². The summed E-state index contributed by atoms with van der Waals surface area (Å²) in [5, 5.41) is 34.9. The molecule has 2 heterocycles. The van der Waals surface area contributed by atoms with Crippen LogP contribution in [0.25, 0.3) is 0 Å². The first kappa shape index (κ1) is 63.2. The Balaban J connectivity index is 1.56. The third kappa shape index (κ3) is 20.2. The number of carbonyl (C=O) groups is 9. The van der Waals surface area contributed by atoms with Gasteiger partial charge < -0.3 is 64.6 Å². The molecule has 2 aromatic carbocycles. The number of guanidine groups is 1. The van der Waals surface area contributed by atoms with Crippen LogP contribution in [0.3, 0.4) is 0 Å². The number of hydrogen-bond acceptors (Lipinski definition) is 15. The van der Waals surface area contributed by atoms with Gasteiger partial charge >= 0.3 is 0 Å². The fraction of sp³-hybridized carbons (Fsp3) is 0.509. The van der Waals surface area contributed by atoms with Crippen molar-refractivity contribution in [3.8, 4) is 5.75 Å². The summed E-state index contributed by atoms with van der Waals surface area (Å²) in [7, 11) is 0. The number of imide groups is 1. The number of unbranched alkanes of at least 4 members (excludes halogenated alkanes) is 1. The number of Topliss-reactive ketones (excluding diaryl/α,β-unsaturated/α-hetero) is 1. The average molecular weight is 1110 g/mol. The van der Waals surface area contributed by atoms with E-state index in [2.05, 4.69) is 31.6 Å². The SMILES string of the molecule is CC(C)C[C@H](NC(=O)[C@@H](CCCCN)NC(=O)[C@H](Cc1ccc(O)cc1)NC(=O)[C@H](CO)NC(=O)[C@H](C)N)C(=O)N[C@@H](CCCN=C(N)N)C(=O)N1CCC[C@H]1C(=O)CC(=O)N(C(=O)CCc1ccc(F)cc1)c1cccs1. The van der Waals surface area contributed by atoms with Gasteiger partial charge in [-0.15, -0.1) is 11.3 Å². The number of thiophene rings is 1. The molecule has 3 aromatic rings. The van der Waals surface area contributed by atoms with Gasteiger partial charge in [-0.2, -0.15) is 0 Å². The molecule has 1 aliphatic heterocycles. The van der Waals surface area contributed by atoms with Gasteiger partial charge in [0.2, 0.25) is 47.3 Å². The Morgan fingerprint density at radius 1 is 0.756 bits per heavy atom. The molecule has 1 saturated heterocycles. The number of ketones is 1. The molecule has 1 fully saturated rings. The lowest BCUT2D eigenvalue weighted by Gasteiger charge is -2.31. The summed E-state index contributed by atoms with van der Waals surface area (Å²) in [5.41, 5.74) is 23.7. The minimum atomic E-state index is -1.50. The van der Waals surface area contributed by atoms with Crippen LogP contribution in [0, 0.1) is 11.7 Å². The highest BCUT2D eigenvalue weighted by molar-refractivity contribution is 7.14. The fourth-order valence-electron chi connectivity index (χ4n) is 8.60. The van der Waals surface area contributed by atoms with Gasteiger partial charge in [0.1, 0.15) is 46.8 Å². The monoisotopic (exact) mass is 1110 g/mol. The number of halogens is 1. The lowest BCUT2D eigenvalue weighted by Crippen LogP contribution is -2.60. The van der Waals surface area contributed by atoms with Gasteiger partial charge in [0.25, 0.3) is 0 Å². The number of phenolic OH excluding ortho intramolecular Hbond substituents is 1. The molecular weight excluding hydrogens is 1030 g/mol. The number of amides is 8. The van der Waals surface area contributed by atoms with Crippen LogP contribution >= 0.6 is 11.3 Å². The van der Waals surface area contributed by atoms with Crippen LogP contribution in [-0.2, 0) is 56.0 Å². The summed E-state index contributed by atoms with van der Waals surface area (Å²) >= 11 is 1.12. The van der Waals surface area contributed by atoms with Crippen molar-refractivity contribution in [1.29, 1.82) is 0 Å². The molecule has 8 amide bonds. The van der Waals surface area contributed by atoms with Crippen LogP contribution < -0.4 is 54.4 Å². The summed E-state index contributed by atoms with van der Waals surface area (Å²) in [6.07, 6.45) is 0.810. The molecule has 0 unspecified atom stereocenters. The van der Waals surface area contributed by atoms with Gasteiger partial charge in [-0.3, -0.25) is 48.1 Å². The number of nitrogens with two attached hydrogens (primary N) is 4. The van der Waals surface area contributed by atoms with E-state index in [9.17, 15) is 57.8 Å². The lowest BCUT2D eigenvalue weighted by molar-refractivity contribution is -0.142. The summed E-state index contributed by atoms with van der Waals surface area (Å²) in [6, 6.07) is 5.67. The number of carbonyl (C=O) groups excluding carboxylic acids is 9. The van der Waals surface area contributed by atoms with Crippen molar-refractivity contribution in [1.82, 2.24) is 31.5 Å². The van der Waals surface area contributed by atoms with Gasteiger partial charge in [0.15, 0.2) is 11.7 Å². The van der Waals surface area contributed by atoms with Crippen molar-refractivity contribution in [3.63, 3.8) is 0 Å². The normalized spacial score (nSPS) is 15.4. The maximum Gasteiger partial charge on any atom is 0.245 e. The summed E-state index contributed by atoms with van der Waals surface area (Å²) in [5.74, 6) is -7.65. The third-order valence-corrected chi connectivity index (χ3v) is 13.6. The number of aliphatic imine (C=N–C) groups is 1. The second-order valence-corrected chi connectivity index (χ2v) is 20.5. The van der Waals surface area contributed by atoms with E-state index < -0.39 is 114 Å². The van der Waals surface area contributed by atoms with Crippen molar-refractivity contribution < 1.29 is 57.8 Å². The van der Waals surface area contributed by atoms with Crippen molar-refractivity contribution in [2.75, 3.05) is 31.1 Å². The standard InChI is InChI=1S/C53H75FN12O11S/c1-31(2)27-39(62-48(73)37(9-4-5-23-55)60-50(75)40(28-34-15-20-36(68)21-16-34)63-51(76)41(30-67)64-47(72)32(3)56)49(74)61-38(10-6-24-59-53(57)58)52(77)65-25-7-11-42(65)43(69)29-45(71)66(46-12-8-26-78-46)44(70)22-17-33-13-18-35(54)19-14-33/h8,12-16,18-21,26,31-32,37-42,67-68H,4-7,9-11,17,22-25,27-30,55-56H2,1-3H3,(H,60,75)(H,61,74)(H,62,73)(H,63,76)(H,64,72)(H4,57,58,59)/t32-,37+,38-,39-,40-,41-,42-/m0/s1. The predicted molar refractivity (Wildman–Crippen MR) is 290 cm³/mol. The van der Waals surface area contributed by atoms with Crippen molar-refractivity contribution in [2.45, 2.75) is 140 Å². The first-order valence-corrected chi connectivity index (χ1v) is 26.9. The van der Waals surface area contributed by atoms with Gasteiger partial charge in [0, 0.05) is 25.9 Å². The van der Waals surface area contributed by atoms with E-state index in [-0.39, 0.29) is 88.6 Å². The first-order valence-electron chi connectivity index (χ1n) is 26.0. The Kier molecular flexibility index (Phi) is 25.7. The topological polar surface area (TPSA) is 377 Å². The zero-order valence-corrected chi connectivity index (χ0v) is 45.1. The number of aromatic hydroxyl groups is 1. The van der Waals surface area contributed by atoms with Crippen LogP contribution in [-0.4, -0.2) is 143 Å². The van der Waals surface area contributed by atoms with Crippen LogP contribution in [0.15, 0.2) is 71.0 Å². The molecule has 25 heteroatoms. The Morgan fingerprint density at radius 3 is 1.96 bits per heavy atom. The number of likely N-dealkylation sites (tertiary alicyclic amines) is 1. The van der Waals surface area contributed by atoms with Crippen LogP contribution in [0.5, 0.6) is 5.75 Å². The van der Waals surface area contributed by atoms with E-state index in [0.717, 1.165) is 16.2 Å². The molecule has 15 N–H and O–H groups in total. The minimum Gasteiger partial charge on any atom is -0.508 e. The van der Waals surface area contributed by atoms with Gasteiger partial charge in [-0.05, 0) is 130 Å². The van der Waals surface area contributed by atoms with E-state index in [4.69, 9.17) is 22.9 Å². The molecular formula is C53H75FN12O11S. The van der Waals surface area contributed by atoms with Crippen molar-refractivity contribution in [2.24, 2.45) is 33.8 Å². The second-order valence-electron chi connectivity index (χ2n) is 19.5. The molecule has 0 radical (unpaired) electrons. The smallest absolute Gasteiger partial charge is 0.245 e. The molecule has 0 bridgehead atoms. The molecule has 7 atom stereocenters. The highest BCUT2D eigenvalue weighted by Gasteiger charge is 2.40. The largest absolute Gasteiger partial charge is 0.508 e. The molecule has 0 saturated carbocycles. The number of nitrogens with one attached hydrogen (secondary N) is 5. The molecule has 0 spiro atoms. The van der Waals surface area contributed by atoms with E-state index in [1.54, 1.807) is 31.4 Å². The minimum absolute atomic E-state index is 0.0211. The molecule has 4 rings (SSSR count). The Bertz CT molecular complexity index is 2530. The Hall–Kier alpha value is -7.35. The fourth-order valence-corrected chi connectivity index (χ4v) is 9.36. The number of nitrogens with zero attached hydrogens (tertiary/aromatic N) is 3. The summed E-state index contributed by atoms with van der Waals surface area (Å²) in [4.78, 5) is 131. The quantitative estimate of drug-likeness (QED) is 0.0178. The van der Waals surface area contributed by atoms with Gasteiger partial charge in [0.05, 0.1) is 25.1 Å². The molecule has 23 nitrogen and oxygen atoms in total. The molecule has 1 aromatic heterocycles. The first-order chi connectivity index (χ1) is 37.1. The lowest BCUT2D eigenvalue weighted by atomic mass is 10.00. The molecule has 0 aliphatic carbocycles. The highest BCUT2D eigenvalue weighted by Crippen LogP contribution is 2.26. The van der Waals surface area contributed by atoms with E-state index in [0.29, 0.717) is 35.4 Å². The number of rotatable bonds is 31. The highest BCUT2D eigenvalue weighted by atomic mass is 32.1. The average Bonchev–Trinajstić information content (AvgIpc) is 4.13. The maximum absolute atomic E-state index is 14.6. The van der Waals surface area contributed by atoms with Crippen LogP contribution in [0.4, 0.5) is 9.39 Å². The third-order valence-electron chi connectivity index (χ3n) is 12.7. The second kappa shape index (κ2) is 31.8. The number of phenols is 1. The summed E-state index contributed by atoms with van der Waals surface area (Å²) < 4.78 is 13.5. The number of anilines is 1. The molecule has 78 heavy (non-hydrogen) atoms. The van der Waals surface area contributed by atoms with E-state index in [1.165, 1.54) is 60.4 Å². The number of hydrogen-bond donors (Lipinski definition) is 11. The number of benzene rings is 2. The summed E-state index contributed by atoms with van der Waals surface area (Å²) in [6.45, 7) is 4.56. The molecule has 1 aliphatic rings. The zero-order valence-electron chi connectivity index (χ0n) is 44.3. The number of aliphatic hydroxyl groups is 1. The van der Waals surface area contributed by atoms with Crippen molar-refractivity contribution in [3.05, 3.63) is 83.0 Å². The van der Waals surface area contributed by atoms with Crippen molar-refractivity contribution >= 4 is 75.3 Å². The number of aliphatic hydroxyl groups excluding tert-OH is 1. The number of aryl methyl sites for hydroxylation is 1. The predicted octanol–water partition coefficient (Wildman–Crippen LogP) is 0.270. The molecule has 426 valence electrons. The van der Waals surface area contributed by atoms with E-state index in [1.807, 2.05) is 0 Å². The Morgan fingerprint density at radius 2 is 1.35 bits per heavy atom. The van der Waals surface area contributed by atoms with E-state index >= 15 is 0 Å². The van der Waals surface area contributed by atoms with Gasteiger partial charge in [-0.25, -0.2) is 9.29 Å². The zero-order chi connectivity index (χ0) is 57.5. The van der Waals surface area contributed by atoms with Crippen LogP contribution in [0.2, 0.25) is 0 Å². The van der Waals surface area contributed by atoms with Gasteiger partial charge in [-0.1, -0.05) is 38.1 Å². The van der Waals surface area contributed by atoms with Crippen LogP contribution in [0.1, 0.15) is 96.1 Å².